The molecule has 13 heavy (non-hydrogen) atoms. The first-order valence-corrected chi connectivity index (χ1v) is 3.84. The van der Waals surface area contributed by atoms with E-state index in [1.165, 1.54) is 12.1 Å². The van der Waals surface area contributed by atoms with Crippen LogP contribution >= 0.6 is 0 Å². The maximum Gasteiger partial charge on any atom is 0.127 e. The van der Waals surface area contributed by atoms with Gasteiger partial charge in [0, 0.05) is 12.0 Å². The van der Waals surface area contributed by atoms with Crippen LogP contribution in [0.2, 0.25) is 0 Å². The molecule has 0 fully saturated rings. The Morgan fingerprint density at radius 2 is 2.08 bits per heavy atom. The first-order valence-electron chi connectivity index (χ1n) is 3.84. The molecule has 0 aliphatic carbocycles. The summed E-state index contributed by atoms with van der Waals surface area (Å²) >= 11 is 0. The zero-order chi connectivity index (χ0) is 9.68. The van der Waals surface area contributed by atoms with Gasteiger partial charge in [0.05, 0.1) is 17.7 Å². The van der Waals surface area contributed by atoms with Gasteiger partial charge < -0.3 is 0 Å². The maximum absolute atomic E-state index is 13.1. The van der Waals surface area contributed by atoms with Gasteiger partial charge in [-0.3, -0.25) is 0 Å². The van der Waals surface area contributed by atoms with E-state index < -0.39 is 5.82 Å². The molecular formula is C10H7FN2. The predicted octanol–water partition coefficient (Wildman–Crippen LogP) is 2.15. The van der Waals surface area contributed by atoms with Crippen LogP contribution in [0.1, 0.15) is 17.5 Å². The molecule has 0 spiro atoms. The standard InChI is InChI=1S/C10H7FN2/c11-10-5-1-3-8(7-13)9(10)4-2-6-12/h1,3,5H,2,4H2. The fourth-order valence-electron chi connectivity index (χ4n) is 1.10. The summed E-state index contributed by atoms with van der Waals surface area (Å²) in [5.74, 6) is -0.408. The zero-order valence-corrected chi connectivity index (χ0v) is 6.92. The highest BCUT2D eigenvalue weighted by Crippen LogP contribution is 2.14. The van der Waals surface area contributed by atoms with Gasteiger partial charge in [0.1, 0.15) is 5.82 Å². The Morgan fingerprint density at radius 3 is 2.69 bits per heavy atom. The summed E-state index contributed by atoms with van der Waals surface area (Å²) in [6.45, 7) is 0. The summed E-state index contributed by atoms with van der Waals surface area (Å²) in [4.78, 5) is 0. The molecule has 0 unspecified atom stereocenters. The van der Waals surface area contributed by atoms with E-state index in [1.54, 1.807) is 6.07 Å². The first-order chi connectivity index (χ1) is 6.29. The fourth-order valence-corrected chi connectivity index (χ4v) is 1.10. The summed E-state index contributed by atoms with van der Waals surface area (Å²) < 4.78 is 13.1. The number of halogens is 1. The van der Waals surface area contributed by atoms with Crippen LogP contribution in [0.25, 0.3) is 0 Å². The van der Waals surface area contributed by atoms with E-state index in [2.05, 4.69) is 0 Å². The quantitative estimate of drug-likeness (QED) is 0.689. The highest BCUT2D eigenvalue weighted by molar-refractivity contribution is 5.38. The molecule has 0 aliphatic rings. The number of rotatable bonds is 2. The molecule has 0 aromatic heterocycles. The summed E-state index contributed by atoms with van der Waals surface area (Å²) in [5.41, 5.74) is 0.654. The minimum atomic E-state index is -0.408. The normalized spacial score (nSPS) is 8.85. The van der Waals surface area contributed by atoms with Gasteiger partial charge in [-0.05, 0) is 18.6 Å². The third-order valence-corrected chi connectivity index (χ3v) is 1.73. The largest absolute Gasteiger partial charge is 0.207 e. The Bertz CT molecular complexity index is 385. The molecule has 64 valence electrons. The van der Waals surface area contributed by atoms with Crippen molar-refractivity contribution in [2.45, 2.75) is 12.8 Å². The average molecular weight is 174 g/mol. The van der Waals surface area contributed by atoms with Gasteiger partial charge in [-0.2, -0.15) is 10.5 Å². The predicted molar refractivity (Wildman–Crippen MR) is 45.0 cm³/mol. The molecule has 0 heterocycles. The van der Waals surface area contributed by atoms with Crippen LogP contribution in [0.3, 0.4) is 0 Å². The Labute approximate surface area is 75.8 Å². The molecule has 2 nitrogen and oxygen atoms in total. The maximum atomic E-state index is 13.1. The molecule has 1 rings (SSSR count). The molecule has 0 bridgehead atoms. The number of hydrogen-bond donors (Lipinski definition) is 0. The van der Waals surface area contributed by atoms with Crippen molar-refractivity contribution in [2.75, 3.05) is 0 Å². The molecule has 0 aliphatic heterocycles. The molecule has 1 aromatic carbocycles. The van der Waals surface area contributed by atoms with E-state index in [-0.39, 0.29) is 6.42 Å². The number of benzene rings is 1. The van der Waals surface area contributed by atoms with E-state index >= 15 is 0 Å². The van der Waals surface area contributed by atoms with Crippen LogP contribution in [0.4, 0.5) is 4.39 Å². The zero-order valence-electron chi connectivity index (χ0n) is 6.92. The van der Waals surface area contributed by atoms with Crippen LogP contribution in [0.15, 0.2) is 18.2 Å². The third-order valence-electron chi connectivity index (χ3n) is 1.73. The minimum Gasteiger partial charge on any atom is -0.207 e. The summed E-state index contributed by atoms with van der Waals surface area (Å²) in [7, 11) is 0. The SMILES string of the molecule is N#CCCc1c(F)cccc1C#N. The van der Waals surface area contributed by atoms with Gasteiger partial charge in [0.2, 0.25) is 0 Å². The fraction of sp³-hybridized carbons (Fsp3) is 0.200. The number of nitrogens with zero attached hydrogens (tertiary/aromatic N) is 2. The second-order valence-corrected chi connectivity index (χ2v) is 2.54. The topological polar surface area (TPSA) is 47.6 Å². The lowest BCUT2D eigenvalue weighted by atomic mass is 10.0. The van der Waals surface area contributed by atoms with Gasteiger partial charge in [-0.15, -0.1) is 0 Å². The van der Waals surface area contributed by atoms with Crippen LogP contribution in [-0.4, -0.2) is 0 Å². The molecule has 0 atom stereocenters. The molecular weight excluding hydrogens is 167 g/mol. The van der Waals surface area contributed by atoms with E-state index in [9.17, 15) is 4.39 Å². The van der Waals surface area contributed by atoms with Crippen molar-refractivity contribution >= 4 is 0 Å². The summed E-state index contributed by atoms with van der Waals surface area (Å²) in [5, 5.41) is 17.0. The van der Waals surface area contributed by atoms with E-state index in [4.69, 9.17) is 10.5 Å². The Balaban J connectivity index is 3.04. The van der Waals surface area contributed by atoms with Crippen molar-refractivity contribution in [3.63, 3.8) is 0 Å². The molecule has 0 N–H and O–H groups in total. The van der Waals surface area contributed by atoms with Crippen molar-refractivity contribution in [3.05, 3.63) is 35.1 Å². The van der Waals surface area contributed by atoms with Crippen LogP contribution in [0, 0.1) is 28.5 Å². The number of nitriles is 2. The highest BCUT2D eigenvalue weighted by Gasteiger charge is 2.06. The van der Waals surface area contributed by atoms with Gasteiger partial charge in [0.15, 0.2) is 0 Å². The lowest BCUT2D eigenvalue weighted by Crippen LogP contribution is -1.94. The van der Waals surface area contributed by atoms with Gasteiger partial charge in [-0.25, -0.2) is 4.39 Å². The van der Waals surface area contributed by atoms with E-state index in [1.807, 2.05) is 12.1 Å². The monoisotopic (exact) mass is 174 g/mol. The highest BCUT2D eigenvalue weighted by atomic mass is 19.1. The molecule has 0 amide bonds. The van der Waals surface area contributed by atoms with Crippen molar-refractivity contribution in [1.29, 1.82) is 10.5 Å². The van der Waals surface area contributed by atoms with Crippen LogP contribution in [-0.2, 0) is 6.42 Å². The van der Waals surface area contributed by atoms with Gasteiger partial charge in [0.25, 0.3) is 0 Å². The van der Waals surface area contributed by atoms with E-state index in [0.29, 0.717) is 17.5 Å². The van der Waals surface area contributed by atoms with Crippen molar-refractivity contribution in [3.8, 4) is 12.1 Å². The van der Waals surface area contributed by atoms with Crippen molar-refractivity contribution in [1.82, 2.24) is 0 Å². The second kappa shape index (κ2) is 4.23. The lowest BCUT2D eigenvalue weighted by Gasteiger charge is -2.01. The third kappa shape index (κ3) is 2.04. The second-order valence-electron chi connectivity index (χ2n) is 2.54. The number of hydrogen-bond acceptors (Lipinski definition) is 2. The smallest absolute Gasteiger partial charge is 0.127 e. The van der Waals surface area contributed by atoms with Gasteiger partial charge in [-0.1, -0.05) is 6.07 Å². The lowest BCUT2D eigenvalue weighted by molar-refractivity contribution is 0.609. The summed E-state index contributed by atoms with van der Waals surface area (Å²) in [6, 6.07) is 8.15. The van der Waals surface area contributed by atoms with Gasteiger partial charge >= 0.3 is 0 Å². The Morgan fingerprint density at radius 1 is 1.31 bits per heavy atom. The Kier molecular flexibility index (Phi) is 3.00. The Hall–Kier alpha value is -1.87. The van der Waals surface area contributed by atoms with Crippen molar-refractivity contribution in [2.24, 2.45) is 0 Å². The molecule has 0 radical (unpaired) electrons. The first kappa shape index (κ1) is 9.22. The van der Waals surface area contributed by atoms with Crippen LogP contribution in [0.5, 0.6) is 0 Å². The molecule has 3 heteroatoms. The van der Waals surface area contributed by atoms with Crippen molar-refractivity contribution < 1.29 is 4.39 Å². The van der Waals surface area contributed by atoms with Crippen LogP contribution < -0.4 is 0 Å². The minimum absolute atomic E-state index is 0.232. The van der Waals surface area contributed by atoms with E-state index in [0.717, 1.165) is 0 Å². The molecule has 1 aromatic rings. The summed E-state index contributed by atoms with van der Waals surface area (Å²) in [6.07, 6.45) is 0.529. The molecule has 0 saturated heterocycles. The molecule has 0 saturated carbocycles. The average Bonchev–Trinajstić information content (AvgIpc) is 2.15.